The quantitative estimate of drug-likeness (QED) is 0.595. The molecule has 0 bridgehead atoms. The molecule has 1 aliphatic carbocycles. The Bertz CT molecular complexity index is 368. The molecule has 0 N–H and O–H groups in total. The van der Waals surface area contributed by atoms with Crippen LogP contribution in [0.5, 0.6) is 0 Å². The number of rotatable bonds is 2. The molecule has 0 aromatic heterocycles. The largest absolute Gasteiger partial charge is 0.103 e. The van der Waals surface area contributed by atoms with E-state index < -0.39 is 0 Å². The van der Waals surface area contributed by atoms with Crippen molar-refractivity contribution in [2.45, 2.75) is 40.0 Å². The van der Waals surface area contributed by atoms with Crippen LogP contribution in [0.15, 0.2) is 43.0 Å². The van der Waals surface area contributed by atoms with Crippen LogP contribution < -0.4 is 0 Å². The summed E-state index contributed by atoms with van der Waals surface area (Å²) in [7, 11) is 0. The second-order valence-corrected chi connectivity index (χ2v) is 4.37. The Balaban J connectivity index is 0.000000686. The predicted molar refractivity (Wildman–Crippen MR) is 78.0 cm³/mol. The van der Waals surface area contributed by atoms with E-state index in [-0.39, 0.29) is 0 Å². The summed E-state index contributed by atoms with van der Waals surface area (Å²) < 4.78 is 0. The Labute approximate surface area is 106 Å². The van der Waals surface area contributed by atoms with Gasteiger partial charge in [-0.2, -0.15) is 0 Å². The third-order valence-electron chi connectivity index (χ3n) is 3.21. The molecule has 0 aliphatic heterocycles. The summed E-state index contributed by atoms with van der Waals surface area (Å²) in [6.45, 7) is 10.00. The Morgan fingerprint density at radius 3 is 2.29 bits per heavy atom. The molecule has 1 aliphatic rings. The van der Waals surface area contributed by atoms with Crippen molar-refractivity contribution in [3.8, 4) is 0 Å². The average Bonchev–Trinajstić information content (AvgIpc) is 2.42. The zero-order valence-corrected chi connectivity index (χ0v) is 11.4. The molecule has 0 heteroatoms. The van der Waals surface area contributed by atoms with Gasteiger partial charge in [-0.25, -0.2) is 0 Å². The van der Waals surface area contributed by atoms with E-state index in [4.69, 9.17) is 0 Å². The monoisotopic (exact) mass is 228 g/mol. The lowest BCUT2D eigenvalue weighted by atomic mass is 9.86. The third-order valence-corrected chi connectivity index (χ3v) is 3.21. The van der Waals surface area contributed by atoms with Crippen LogP contribution in [0, 0.1) is 12.8 Å². The maximum absolute atomic E-state index is 3.86. The van der Waals surface area contributed by atoms with Crippen LogP contribution in [0.4, 0.5) is 0 Å². The highest BCUT2D eigenvalue weighted by Gasteiger charge is 2.12. The number of allylic oxidation sites excluding steroid dienone is 3. The van der Waals surface area contributed by atoms with Crippen LogP contribution in [-0.2, 0) is 0 Å². The van der Waals surface area contributed by atoms with Gasteiger partial charge in [0.2, 0.25) is 0 Å². The van der Waals surface area contributed by atoms with Gasteiger partial charge in [-0.15, -0.1) is 6.58 Å². The fourth-order valence-corrected chi connectivity index (χ4v) is 2.10. The Hall–Kier alpha value is -1.30. The SMILES string of the molecule is C=CC1CC=C(c2ccc(C)cc2)CC1.CC. The van der Waals surface area contributed by atoms with Crippen LogP contribution in [-0.4, -0.2) is 0 Å². The molecule has 0 fully saturated rings. The van der Waals surface area contributed by atoms with Crippen LogP contribution in [0.25, 0.3) is 5.57 Å². The van der Waals surface area contributed by atoms with E-state index in [1.807, 2.05) is 13.8 Å². The maximum Gasteiger partial charge on any atom is -0.0198 e. The van der Waals surface area contributed by atoms with E-state index in [9.17, 15) is 0 Å². The summed E-state index contributed by atoms with van der Waals surface area (Å²) in [5, 5.41) is 0. The first-order valence-electron chi connectivity index (χ1n) is 6.68. The molecule has 1 aromatic rings. The molecule has 1 atom stereocenters. The summed E-state index contributed by atoms with van der Waals surface area (Å²) in [5.74, 6) is 0.694. The summed E-state index contributed by atoms with van der Waals surface area (Å²) in [4.78, 5) is 0. The highest BCUT2D eigenvalue weighted by molar-refractivity contribution is 5.66. The molecule has 0 heterocycles. The standard InChI is InChI=1S/C15H18.C2H6/c1-3-13-6-10-15(11-7-13)14-8-4-12(2)5-9-14;1-2/h3-5,8-10,13H,1,6-7,11H2,2H3;1-2H3. The van der Waals surface area contributed by atoms with Gasteiger partial charge < -0.3 is 0 Å². The smallest absolute Gasteiger partial charge is 0.0198 e. The van der Waals surface area contributed by atoms with E-state index >= 15 is 0 Å². The van der Waals surface area contributed by atoms with Gasteiger partial charge in [0.25, 0.3) is 0 Å². The van der Waals surface area contributed by atoms with Gasteiger partial charge in [0.15, 0.2) is 0 Å². The Kier molecular flexibility index (Phi) is 5.76. The lowest BCUT2D eigenvalue weighted by molar-refractivity contribution is 0.593. The van der Waals surface area contributed by atoms with Crippen molar-refractivity contribution >= 4 is 5.57 Å². The third kappa shape index (κ3) is 3.89. The summed E-state index contributed by atoms with van der Waals surface area (Å²) >= 11 is 0. The van der Waals surface area contributed by atoms with E-state index in [0.29, 0.717) is 5.92 Å². The van der Waals surface area contributed by atoms with Crippen LogP contribution in [0.3, 0.4) is 0 Å². The zero-order valence-electron chi connectivity index (χ0n) is 11.4. The lowest BCUT2D eigenvalue weighted by Crippen LogP contribution is -2.02. The number of benzene rings is 1. The molecule has 17 heavy (non-hydrogen) atoms. The zero-order chi connectivity index (χ0) is 12.7. The Morgan fingerprint density at radius 2 is 1.82 bits per heavy atom. The van der Waals surface area contributed by atoms with Crippen molar-refractivity contribution in [1.82, 2.24) is 0 Å². The molecule has 1 unspecified atom stereocenters. The van der Waals surface area contributed by atoms with Gasteiger partial charge in [-0.1, -0.05) is 55.8 Å². The van der Waals surface area contributed by atoms with Gasteiger partial charge in [0.05, 0.1) is 0 Å². The summed E-state index contributed by atoms with van der Waals surface area (Å²) in [6.07, 6.45) is 8.07. The van der Waals surface area contributed by atoms with Crippen LogP contribution in [0.2, 0.25) is 0 Å². The van der Waals surface area contributed by atoms with E-state index in [0.717, 1.165) is 6.42 Å². The van der Waals surface area contributed by atoms with Crippen molar-refractivity contribution in [3.63, 3.8) is 0 Å². The van der Waals surface area contributed by atoms with Crippen molar-refractivity contribution in [2.24, 2.45) is 5.92 Å². The fraction of sp³-hybridized carbons (Fsp3) is 0.412. The van der Waals surface area contributed by atoms with Crippen molar-refractivity contribution in [2.75, 3.05) is 0 Å². The van der Waals surface area contributed by atoms with E-state index in [1.54, 1.807) is 0 Å². The van der Waals surface area contributed by atoms with Crippen molar-refractivity contribution in [3.05, 3.63) is 54.1 Å². The molecular weight excluding hydrogens is 204 g/mol. The van der Waals surface area contributed by atoms with Crippen molar-refractivity contribution in [1.29, 1.82) is 0 Å². The number of hydrogen-bond acceptors (Lipinski definition) is 0. The second kappa shape index (κ2) is 7.11. The molecule has 2 rings (SSSR count). The predicted octanol–water partition coefficient (Wildman–Crippen LogP) is 5.39. The summed E-state index contributed by atoms with van der Waals surface area (Å²) in [6, 6.07) is 8.84. The topological polar surface area (TPSA) is 0 Å². The molecule has 0 saturated heterocycles. The molecule has 0 nitrogen and oxygen atoms in total. The molecule has 0 spiro atoms. The minimum absolute atomic E-state index is 0.694. The fourth-order valence-electron chi connectivity index (χ4n) is 2.10. The summed E-state index contributed by atoms with van der Waals surface area (Å²) in [5.41, 5.74) is 4.23. The highest BCUT2D eigenvalue weighted by atomic mass is 14.2. The van der Waals surface area contributed by atoms with Crippen LogP contribution in [0.1, 0.15) is 44.2 Å². The van der Waals surface area contributed by atoms with Crippen molar-refractivity contribution < 1.29 is 0 Å². The van der Waals surface area contributed by atoms with Crippen LogP contribution >= 0.6 is 0 Å². The van der Waals surface area contributed by atoms with Gasteiger partial charge in [0, 0.05) is 0 Å². The van der Waals surface area contributed by atoms with Gasteiger partial charge in [-0.3, -0.25) is 0 Å². The van der Waals surface area contributed by atoms with Gasteiger partial charge >= 0.3 is 0 Å². The minimum Gasteiger partial charge on any atom is -0.103 e. The van der Waals surface area contributed by atoms with Gasteiger partial charge in [-0.05, 0) is 43.2 Å². The average molecular weight is 228 g/mol. The molecule has 0 radical (unpaired) electrons. The lowest BCUT2D eigenvalue weighted by Gasteiger charge is -2.19. The first-order chi connectivity index (χ1) is 8.29. The van der Waals surface area contributed by atoms with E-state index in [1.165, 1.54) is 29.5 Å². The Morgan fingerprint density at radius 1 is 1.18 bits per heavy atom. The number of aryl methyl sites for hydroxylation is 1. The first kappa shape index (κ1) is 13.8. The normalized spacial score (nSPS) is 18.8. The molecule has 0 saturated carbocycles. The molecule has 1 aromatic carbocycles. The molecular formula is C17H24. The molecule has 92 valence electrons. The highest BCUT2D eigenvalue weighted by Crippen LogP contribution is 2.30. The maximum atomic E-state index is 3.86. The first-order valence-corrected chi connectivity index (χ1v) is 6.68. The second-order valence-electron chi connectivity index (χ2n) is 4.37. The van der Waals surface area contributed by atoms with E-state index in [2.05, 4.69) is 49.9 Å². The minimum atomic E-state index is 0.694. The number of hydrogen-bond donors (Lipinski definition) is 0. The van der Waals surface area contributed by atoms with Gasteiger partial charge in [0.1, 0.15) is 0 Å². The molecule has 0 amide bonds.